The van der Waals surface area contributed by atoms with Gasteiger partial charge in [-0.1, -0.05) is 47.1 Å². The molecule has 1 aliphatic heterocycles. The monoisotopic (exact) mass is 369 g/mol. The predicted molar refractivity (Wildman–Crippen MR) is 101 cm³/mol. The van der Waals surface area contributed by atoms with Gasteiger partial charge in [0.25, 0.3) is 0 Å². The predicted octanol–water partition coefficient (Wildman–Crippen LogP) is 3.66. The van der Waals surface area contributed by atoms with Crippen LogP contribution in [0.4, 0.5) is 5.69 Å². The van der Waals surface area contributed by atoms with E-state index in [1.165, 1.54) is 0 Å². The number of aliphatic imine (C=N–C) groups is 2. The van der Waals surface area contributed by atoms with Gasteiger partial charge in [-0.25, -0.2) is 9.79 Å². The summed E-state index contributed by atoms with van der Waals surface area (Å²) in [5, 5.41) is 12.9. The number of rotatable bonds is 4. The summed E-state index contributed by atoms with van der Waals surface area (Å²) in [6.07, 6.45) is 0. The fourth-order valence-electron chi connectivity index (χ4n) is 2.60. The van der Waals surface area contributed by atoms with E-state index in [1.54, 1.807) is 25.1 Å². The van der Waals surface area contributed by atoms with Crippen molar-refractivity contribution >= 4 is 40.4 Å². The van der Waals surface area contributed by atoms with Crippen LogP contribution in [0.1, 0.15) is 18.1 Å². The molecule has 1 heterocycles. The highest BCUT2D eigenvalue weighted by atomic mass is 35.5. The molecule has 0 saturated carbocycles. The van der Waals surface area contributed by atoms with Gasteiger partial charge in [-0.15, -0.1) is 0 Å². The first-order valence-electron chi connectivity index (χ1n) is 8.01. The second-order valence-electron chi connectivity index (χ2n) is 5.42. The van der Waals surface area contributed by atoms with E-state index in [2.05, 4.69) is 15.1 Å². The summed E-state index contributed by atoms with van der Waals surface area (Å²) in [6.45, 7) is 1.90. The number of nitrogens with zero attached hydrogens (tertiary/aromatic N) is 3. The molecule has 0 aromatic heterocycles. The van der Waals surface area contributed by atoms with E-state index >= 15 is 0 Å². The number of ether oxygens (including phenoxy) is 1. The van der Waals surface area contributed by atoms with Crippen LogP contribution in [-0.4, -0.2) is 41.5 Å². The molecule has 132 valence electrons. The van der Waals surface area contributed by atoms with Gasteiger partial charge in [-0.05, 0) is 25.1 Å². The van der Waals surface area contributed by atoms with Crippen molar-refractivity contribution < 1.29 is 14.7 Å². The maximum absolute atomic E-state index is 12.0. The lowest BCUT2D eigenvalue weighted by Crippen LogP contribution is -2.28. The number of hydrogen-bond acceptors (Lipinski definition) is 6. The highest BCUT2D eigenvalue weighted by Crippen LogP contribution is 2.28. The molecule has 0 aliphatic carbocycles. The molecule has 0 atom stereocenters. The van der Waals surface area contributed by atoms with Crippen LogP contribution in [0, 0.1) is 0 Å². The number of esters is 1. The largest absolute Gasteiger partial charge is 0.461 e. The number of fused-ring (bicyclic) bond motifs is 1. The van der Waals surface area contributed by atoms with Crippen molar-refractivity contribution in [1.29, 1.82) is 0 Å². The third-order valence-electron chi connectivity index (χ3n) is 3.75. The van der Waals surface area contributed by atoms with Crippen LogP contribution < -0.4 is 0 Å². The van der Waals surface area contributed by atoms with Crippen LogP contribution in [-0.2, 0) is 9.53 Å². The third kappa shape index (κ3) is 3.65. The fraction of sp³-hybridized carbons (Fsp3) is 0.158. The van der Waals surface area contributed by atoms with Gasteiger partial charge in [0.2, 0.25) is 5.71 Å². The number of benzene rings is 2. The molecule has 1 N–H and O–H groups in total. The SMILES string of the molecule is CCOC(=O)C(=NO)C1=Nc2ccc(Cl)cc2C(c2ccccc2)=NC1. The summed E-state index contributed by atoms with van der Waals surface area (Å²) >= 11 is 6.16. The Kier molecular flexibility index (Phi) is 5.43. The molecular weight excluding hydrogens is 354 g/mol. The Morgan fingerprint density at radius 1 is 1.27 bits per heavy atom. The van der Waals surface area contributed by atoms with Crippen LogP contribution in [0.5, 0.6) is 0 Å². The van der Waals surface area contributed by atoms with Crippen molar-refractivity contribution in [3.8, 4) is 0 Å². The second-order valence-corrected chi connectivity index (χ2v) is 5.86. The zero-order chi connectivity index (χ0) is 18.5. The molecule has 26 heavy (non-hydrogen) atoms. The summed E-state index contributed by atoms with van der Waals surface area (Å²) in [6, 6.07) is 14.8. The van der Waals surface area contributed by atoms with Gasteiger partial charge >= 0.3 is 5.97 Å². The van der Waals surface area contributed by atoms with Gasteiger partial charge in [-0.2, -0.15) is 0 Å². The molecule has 0 unspecified atom stereocenters. The van der Waals surface area contributed by atoms with Crippen molar-refractivity contribution in [2.75, 3.05) is 13.2 Å². The minimum atomic E-state index is -0.748. The maximum atomic E-state index is 12.0. The van der Waals surface area contributed by atoms with Crippen molar-refractivity contribution in [3.05, 3.63) is 64.7 Å². The molecule has 6 nitrogen and oxygen atoms in total. The zero-order valence-corrected chi connectivity index (χ0v) is 14.8. The minimum absolute atomic E-state index is 0.0642. The van der Waals surface area contributed by atoms with Gasteiger partial charge < -0.3 is 9.94 Å². The molecule has 1 aliphatic rings. The summed E-state index contributed by atoms with van der Waals surface area (Å²) < 4.78 is 4.93. The fourth-order valence-corrected chi connectivity index (χ4v) is 2.77. The van der Waals surface area contributed by atoms with Crippen LogP contribution in [0.2, 0.25) is 5.02 Å². The van der Waals surface area contributed by atoms with E-state index in [1.807, 2.05) is 30.3 Å². The number of halogens is 1. The van der Waals surface area contributed by atoms with Crippen molar-refractivity contribution in [1.82, 2.24) is 0 Å². The van der Waals surface area contributed by atoms with E-state index in [9.17, 15) is 10.0 Å². The quantitative estimate of drug-likeness (QED) is 0.386. The smallest absolute Gasteiger partial charge is 0.362 e. The number of carbonyl (C=O) groups excluding carboxylic acids is 1. The zero-order valence-electron chi connectivity index (χ0n) is 14.0. The van der Waals surface area contributed by atoms with Gasteiger partial charge in [0, 0.05) is 16.1 Å². The van der Waals surface area contributed by atoms with Crippen molar-refractivity contribution in [2.45, 2.75) is 6.92 Å². The van der Waals surface area contributed by atoms with Crippen LogP contribution in [0.25, 0.3) is 0 Å². The average Bonchev–Trinajstić information content (AvgIpc) is 2.83. The highest BCUT2D eigenvalue weighted by molar-refractivity contribution is 6.66. The molecule has 0 bridgehead atoms. The molecule has 0 fully saturated rings. The molecule has 0 spiro atoms. The summed E-state index contributed by atoms with van der Waals surface area (Å²) in [7, 11) is 0. The first kappa shape index (κ1) is 17.8. The van der Waals surface area contributed by atoms with E-state index in [0.29, 0.717) is 16.4 Å². The maximum Gasteiger partial charge on any atom is 0.362 e. The third-order valence-corrected chi connectivity index (χ3v) is 3.98. The van der Waals surface area contributed by atoms with Crippen molar-refractivity contribution in [3.63, 3.8) is 0 Å². The molecule has 2 aromatic carbocycles. The molecule has 0 saturated heterocycles. The van der Waals surface area contributed by atoms with E-state index in [-0.39, 0.29) is 24.6 Å². The summed E-state index contributed by atoms with van der Waals surface area (Å²) in [5.74, 6) is -0.748. The highest BCUT2D eigenvalue weighted by Gasteiger charge is 2.24. The molecule has 2 aromatic rings. The van der Waals surface area contributed by atoms with E-state index in [4.69, 9.17) is 16.3 Å². The van der Waals surface area contributed by atoms with E-state index < -0.39 is 5.97 Å². The number of hydrogen-bond donors (Lipinski definition) is 1. The number of oxime groups is 1. The molecule has 7 heteroatoms. The topological polar surface area (TPSA) is 83.6 Å². The second kappa shape index (κ2) is 7.93. The van der Waals surface area contributed by atoms with Gasteiger partial charge in [0.05, 0.1) is 30.3 Å². The summed E-state index contributed by atoms with van der Waals surface area (Å²) in [4.78, 5) is 21.1. The first-order valence-corrected chi connectivity index (χ1v) is 8.38. The first-order chi connectivity index (χ1) is 12.6. The lowest BCUT2D eigenvalue weighted by molar-refractivity contribution is -0.134. The van der Waals surface area contributed by atoms with Gasteiger partial charge in [-0.3, -0.25) is 4.99 Å². The normalized spacial score (nSPS) is 14.0. The molecule has 0 amide bonds. The Balaban J connectivity index is 2.12. The Morgan fingerprint density at radius 2 is 2.04 bits per heavy atom. The Hall–Kier alpha value is -2.99. The van der Waals surface area contributed by atoms with E-state index in [0.717, 1.165) is 11.1 Å². The lowest BCUT2D eigenvalue weighted by Gasteiger charge is -2.08. The average molecular weight is 370 g/mol. The van der Waals surface area contributed by atoms with Crippen LogP contribution in [0.15, 0.2) is 63.7 Å². The Morgan fingerprint density at radius 3 is 2.73 bits per heavy atom. The molecule has 0 radical (unpaired) electrons. The van der Waals surface area contributed by atoms with Gasteiger partial charge in [0.15, 0.2) is 0 Å². The number of carbonyl (C=O) groups is 1. The minimum Gasteiger partial charge on any atom is -0.461 e. The Labute approximate surface area is 155 Å². The van der Waals surface area contributed by atoms with Crippen molar-refractivity contribution in [2.24, 2.45) is 15.1 Å². The lowest BCUT2D eigenvalue weighted by atomic mass is 10.0. The summed E-state index contributed by atoms with van der Waals surface area (Å²) in [5.41, 5.74) is 2.87. The Bertz CT molecular complexity index is 921. The van der Waals surface area contributed by atoms with Crippen LogP contribution in [0.3, 0.4) is 0 Å². The van der Waals surface area contributed by atoms with Gasteiger partial charge in [0.1, 0.15) is 0 Å². The van der Waals surface area contributed by atoms with Crippen LogP contribution >= 0.6 is 11.6 Å². The molecule has 3 rings (SSSR count). The molecular formula is C19H16ClN3O3. The standard InChI is InChI=1S/C19H16ClN3O3/c1-2-26-19(24)18(23-25)16-11-21-17(12-6-4-3-5-7-12)14-10-13(20)8-9-15(14)22-16/h3-10,25H,2,11H2,1H3.